The molecule has 10 nitrogen and oxygen atoms in total. The van der Waals surface area contributed by atoms with E-state index in [4.69, 9.17) is 10.5 Å². The van der Waals surface area contributed by atoms with E-state index in [0.29, 0.717) is 22.3 Å². The van der Waals surface area contributed by atoms with Crippen molar-refractivity contribution >= 4 is 45.2 Å². The highest BCUT2D eigenvalue weighted by Gasteiger charge is 2.36. The molecular formula is C28H31BrN6O4. The fraction of sp³-hybridized carbons (Fsp3) is 0.321. The van der Waals surface area contributed by atoms with Gasteiger partial charge in [-0.3, -0.25) is 14.5 Å². The summed E-state index contributed by atoms with van der Waals surface area (Å²) in [6.45, 7) is 7.39. The highest BCUT2D eigenvalue weighted by atomic mass is 79.9. The van der Waals surface area contributed by atoms with Crippen LogP contribution in [0.15, 0.2) is 59.3 Å². The van der Waals surface area contributed by atoms with Gasteiger partial charge in [0.15, 0.2) is 23.0 Å². The van der Waals surface area contributed by atoms with Gasteiger partial charge in [-0.2, -0.15) is 0 Å². The van der Waals surface area contributed by atoms with Crippen LogP contribution in [0, 0.1) is 0 Å². The predicted molar refractivity (Wildman–Crippen MR) is 152 cm³/mol. The number of carbonyl (C=O) groups excluding carboxylic acids is 3. The number of halogens is 1. The lowest BCUT2D eigenvalue weighted by Gasteiger charge is -2.42. The molecule has 0 spiro atoms. The van der Waals surface area contributed by atoms with Gasteiger partial charge in [-0.1, -0.05) is 30.3 Å². The van der Waals surface area contributed by atoms with Crippen LogP contribution in [0.1, 0.15) is 60.0 Å². The summed E-state index contributed by atoms with van der Waals surface area (Å²) in [7, 11) is 0. The van der Waals surface area contributed by atoms with Crippen LogP contribution in [0.5, 0.6) is 5.75 Å². The highest BCUT2D eigenvalue weighted by molar-refractivity contribution is 9.10. The minimum absolute atomic E-state index is 0.0556. The number of benzene rings is 2. The molecule has 1 aliphatic heterocycles. The molecule has 1 atom stereocenters. The van der Waals surface area contributed by atoms with Crippen LogP contribution in [-0.4, -0.2) is 57.3 Å². The zero-order chi connectivity index (χ0) is 28.2. The Morgan fingerprint density at radius 3 is 2.54 bits per heavy atom. The summed E-state index contributed by atoms with van der Waals surface area (Å²) in [5.74, 6) is -0.922. The van der Waals surface area contributed by atoms with Gasteiger partial charge in [0.1, 0.15) is 4.60 Å². The van der Waals surface area contributed by atoms with Crippen molar-refractivity contribution in [3.63, 3.8) is 0 Å². The van der Waals surface area contributed by atoms with Crippen molar-refractivity contribution in [2.75, 3.05) is 24.1 Å². The van der Waals surface area contributed by atoms with Crippen molar-refractivity contribution < 1.29 is 19.1 Å². The Morgan fingerprint density at radius 1 is 1.13 bits per heavy atom. The largest absolute Gasteiger partial charge is 0.416 e. The second kappa shape index (κ2) is 11.9. The highest BCUT2D eigenvalue weighted by Crippen LogP contribution is 2.31. The number of anilines is 2. The summed E-state index contributed by atoms with van der Waals surface area (Å²) in [5, 5.41) is 6.04. The molecule has 2 heterocycles. The van der Waals surface area contributed by atoms with Crippen LogP contribution in [0.4, 0.5) is 16.3 Å². The van der Waals surface area contributed by atoms with E-state index in [1.54, 1.807) is 35.2 Å². The molecule has 4 rings (SSSR count). The average Bonchev–Trinajstić information content (AvgIpc) is 2.91. The normalized spacial score (nSPS) is 15.3. The molecule has 0 aliphatic carbocycles. The number of carbonyl (C=O) groups is 3. The van der Waals surface area contributed by atoms with Gasteiger partial charge in [-0.15, -0.1) is 0 Å². The van der Waals surface area contributed by atoms with Gasteiger partial charge in [0.2, 0.25) is 0 Å². The molecule has 1 aromatic heterocycles. The number of piperidine rings is 1. The molecule has 2 amide bonds. The van der Waals surface area contributed by atoms with Crippen LogP contribution in [0.2, 0.25) is 0 Å². The van der Waals surface area contributed by atoms with E-state index in [2.05, 4.69) is 36.5 Å². The van der Waals surface area contributed by atoms with Gasteiger partial charge >= 0.3 is 6.09 Å². The summed E-state index contributed by atoms with van der Waals surface area (Å²) < 4.78 is 6.20. The third-order valence-corrected chi connectivity index (χ3v) is 6.65. The first-order valence-corrected chi connectivity index (χ1v) is 13.4. The van der Waals surface area contributed by atoms with Crippen molar-refractivity contribution in [3.8, 4) is 5.75 Å². The van der Waals surface area contributed by atoms with Crippen LogP contribution >= 0.6 is 15.9 Å². The molecule has 3 aromatic rings. The number of nitrogens with two attached hydrogens (primary N) is 1. The summed E-state index contributed by atoms with van der Waals surface area (Å²) in [4.78, 5) is 49.6. The first-order chi connectivity index (χ1) is 18.5. The van der Waals surface area contributed by atoms with Gasteiger partial charge in [-0.05, 0) is 74.3 Å². The van der Waals surface area contributed by atoms with Crippen LogP contribution in [-0.2, 0) is 0 Å². The molecule has 0 saturated carbocycles. The minimum atomic E-state index is -0.674. The Kier molecular flexibility index (Phi) is 8.61. The molecule has 1 unspecified atom stereocenters. The number of rotatable bonds is 6. The molecule has 1 fully saturated rings. The van der Waals surface area contributed by atoms with Crippen molar-refractivity contribution in [1.82, 2.24) is 20.2 Å². The average molecular weight is 595 g/mol. The predicted octanol–water partition coefficient (Wildman–Crippen LogP) is 4.66. The van der Waals surface area contributed by atoms with E-state index < -0.39 is 17.5 Å². The zero-order valence-corrected chi connectivity index (χ0v) is 23.6. The van der Waals surface area contributed by atoms with Gasteiger partial charge < -0.3 is 21.1 Å². The van der Waals surface area contributed by atoms with E-state index in [1.165, 1.54) is 18.3 Å². The number of hydrogen-bond donors (Lipinski definition) is 3. The van der Waals surface area contributed by atoms with Crippen LogP contribution in [0.3, 0.4) is 0 Å². The number of amides is 2. The first-order valence-electron chi connectivity index (χ1n) is 12.6. The Balaban J connectivity index is 1.69. The SMILES string of the molecule is CC(C)(C)N(C(=O)Oc1ccc(C(=O)c2ccccc2)cc1NC(=O)c1nc(Br)cnc1N)C1CCCNC1. The summed E-state index contributed by atoms with van der Waals surface area (Å²) in [5.41, 5.74) is 6.13. The monoisotopic (exact) mass is 594 g/mol. The number of ether oxygens (including phenoxy) is 1. The molecule has 11 heteroatoms. The van der Waals surface area contributed by atoms with E-state index in [-0.39, 0.29) is 34.8 Å². The summed E-state index contributed by atoms with van der Waals surface area (Å²) in [6.07, 6.45) is 2.60. The lowest BCUT2D eigenvalue weighted by molar-refractivity contribution is 0.0665. The number of nitrogens with zero attached hydrogens (tertiary/aromatic N) is 3. The van der Waals surface area contributed by atoms with Gasteiger partial charge in [0, 0.05) is 29.3 Å². The number of nitrogens with one attached hydrogen (secondary N) is 2. The van der Waals surface area contributed by atoms with Crippen molar-refractivity contribution in [1.29, 1.82) is 0 Å². The summed E-state index contributed by atoms with van der Waals surface area (Å²) >= 11 is 3.19. The second-order valence-electron chi connectivity index (χ2n) is 10.2. The molecule has 204 valence electrons. The number of ketones is 1. The van der Waals surface area contributed by atoms with E-state index in [9.17, 15) is 14.4 Å². The zero-order valence-electron chi connectivity index (χ0n) is 22.0. The van der Waals surface area contributed by atoms with Crippen molar-refractivity contribution in [3.05, 3.63) is 76.2 Å². The maximum absolute atomic E-state index is 13.6. The maximum Gasteiger partial charge on any atom is 0.416 e. The van der Waals surface area contributed by atoms with Crippen molar-refractivity contribution in [2.24, 2.45) is 0 Å². The third-order valence-electron chi connectivity index (χ3n) is 6.27. The number of aromatic nitrogens is 2. The molecule has 1 aliphatic rings. The topological polar surface area (TPSA) is 140 Å². The molecule has 1 saturated heterocycles. The Bertz CT molecular complexity index is 1370. The number of hydrogen-bond acceptors (Lipinski definition) is 8. The summed E-state index contributed by atoms with van der Waals surface area (Å²) in [6, 6.07) is 13.2. The number of nitrogen functional groups attached to an aromatic ring is 1. The third kappa shape index (κ3) is 6.79. The molecule has 0 bridgehead atoms. The fourth-order valence-corrected chi connectivity index (χ4v) is 4.79. The van der Waals surface area contributed by atoms with Crippen LogP contribution in [0.25, 0.3) is 0 Å². The van der Waals surface area contributed by atoms with Gasteiger partial charge in [-0.25, -0.2) is 14.8 Å². The van der Waals surface area contributed by atoms with E-state index in [1.807, 2.05) is 26.8 Å². The molecule has 4 N–H and O–H groups in total. The molecule has 39 heavy (non-hydrogen) atoms. The standard InChI is InChI=1S/C28H31BrN6O4/c1-28(2,3)35(19-10-7-13-31-15-19)27(38)39-21-12-11-18(24(36)17-8-5-4-6-9-17)14-20(21)33-26(37)23-25(30)32-16-22(29)34-23/h4-6,8-9,11-12,14,16,19,31H,7,10,13,15H2,1-3H3,(H2,30,32)(H,33,37). The lowest BCUT2D eigenvalue weighted by Crippen LogP contribution is -2.57. The molecular weight excluding hydrogens is 564 g/mol. The Labute approximate surface area is 235 Å². The van der Waals surface area contributed by atoms with E-state index in [0.717, 1.165) is 19.4 Å². The van der Waals surface area contributed by atoms with E-state index >= 15 is 0 Å². The Morgan fingerprint density at radius 2 is 1.87 bits per heavy atom. The molecule has 0 radical (unpaired) electrons. The van der Waals surface area contributed by atoms with Crippen LogP contribution < -0.4 is 21.1 Å². The Hall–Kier alpha value is -3.83. The van der Waals surface area contributed by atoms with Gasteiger partial charge in [0.25, 0.3) is 5.91 Å². The fourth-order valence-electron chi connectivity index (χ4n) is 4.51. The van der Waals surface area contributed by atoms with Gasteiger partial charge in [0.05, 0.1) is 11.9 Å². The lowest BCUT2D eigenvalue weighted by atomic mass is 9.99. The maximum atomic E-state index is 13.6. The smallest absolute Gasteiger partial charge is 0.408 e. The second-order valence-corrected chi connectivity index (χ2v) is 11.0. The first kappa shape index (κ1) is 28.2. The van der Waals surface area contributed by atoms with Crippen molar-refractivity contribution in [2.45, 2.75) is 45.2 Å². The molecule has 2 aromatic carbocycles. The minimum Gasteiger partial charge on any atom is -0.408 e. The quantitative estimate of drug-likeness (QED) is 0.350.